The van der Waals surface area contributed by atoms with Crippen molar-refractivity contribution in [2.75, 3.05) is 11.4 Å². The van der Waals surface area contributed by atoms with Crippen LogP contribution in [0.25, 0.3) is 0 Å². The van der Waals surface area contributed by atoms with Crippen molar-refractivity contribution in [1.29, 1.82) is 0 Å². The number of amides is 1. The van der Waals surface area contributed by atoms with Gasteiger partial charge in [0.15, 0.2) is 0 Å². The maximum Gasteiger partial charge on any atom is 0.270 e. The fourth-order valence-corrected chi connectivity index (χ4v) is 2.54. The average molecular weight is 283 g/mol. The second-order valence-electron chi connectivity index (χ2n) is 4.97. The van der Waals surface area contributed by atoms with E-state index in [1.165, 1.54) is 12.1 Å². The first-order valence-corrected chi connectivity index (χ1v) is 6.57. The van der Waals surface area contributed by atoms with E-state index in [0.717, 1.165) is 16.8 Å². The van der Waals surface area contributed by atoms with Crippen LogP contribution in [0.15, 0.2) is 36.7 Å². The van der Waals surface area contributed by atoms with Crippen LogP contribution in [0, 0.1) is 17.0 Å². The van der Waals surface area contributed by atoms with E-state index < -0.39 is 4.92 Å². The van der Waals surface area contributed by atoms with Gasteiger partial charge in [0.25, 0.3) is 11.6 Å². The summed E-state index contributed by atoms with van der Waals surface area (Å²) in [6, 6.07) is 6.30. The summed E-state index contributed by atoms with van der Waals surface area (Å²) in [6.45, 7) is 2.46. The molecule has 6 heteroatoms. The molecule has 1 amide bonds. The van der Waals surface area contributed by atoms with Crippen molar-refractivity contribution in [3.63, 3.8) is 0 Å². The van der Waals surface area contributed by atoms with Gasteiger partial charge in [-0.25, -0.2) is 0 Å². The molecule has 1 aromatic heterocycles. The van der Waals surface area contributed by atoms with Crippen molar-refractivity contribution in [3.05, 3.63) is 63.5 Å². The predicted octanol–water partition coefficient (Wildman–Crippen LogP) is 2.50. The number of carbonyl (C=O) groups excluding carboxylic acids is 1. The standard InChI is InChI=1S/C15H13N3O3/c1-10-4-6-16-9-14(10)17-7-5-11-2-3-12(18(20)21)8-13(11)15(17)19/h2-4,6,8-9H,5,7H2,1H3. The molecule has 0 bridgehead atoms. The van der Waals surface area contributed by atoms with Gasteiger partial charge in [0.1, 0.15) is 0 Å². The minimum atomic E-state index is -0.484. The minimum Gasteiger partial charge on any atom is -0.306 e. The van der Waals surface area contributed by atoms with E-state index in [9.17, 15) is 14.9 Å². The van der Waals surface area contributed by atoms with Crippen molar-refractivity contribution >= 4 is 17.3 Å². The monoisotopic (exact) mass is 283 g/mol. The Bertz CT molecular complexity index is 743. The highest BCUT2D eigenvalue weighted by Gasteiger charge is 2.28. The Kier molecular flexibility index (Phi) is 3.13. The Morgan fingerprint density at radius 1 is 1.33 bits per heavy atom. The molecule has 1 aromatic carbocycles. The number of hydrogen-bond acceptors (Lipinski definition) is 4. The maximum absolute atomic E-state index is 12.6. The molecular weight excluding hydrogens is 270 g/mol. The number of aromatic nitrogens is 1. The number of nitro groups is 1. The number of nitrogens with zero attached hydrogens (tertiary/aromatic N) is 3. The van der Waals surface area contributed by atoms with Gasteiger partial charge in [-0.1, -0.05) is 6.07 Å². The number of nitro benzene ring substituents is 1. The number of aryl methyl sites for hydroxylation is 1. The summed E-state index contributed by atoms with van der Waals surface area (Å²) in [7, 11) is 0. The lowest BCUT2D eigenvalue weighted by Crippen LogP contribution is -2.38. The first kappa shape index (κ1) is 13.2. The molecule has 0 spiro atoms. The zero-order valence-electron chi connectivity index (χ0n) is 11.4. The molecule has 2 heterocycles. The van der Waals surface area contributed by atoms with E-state index in [2.05, 4.69) is 4.98 Å². The Morgan fingerprint density at radius 3 is 2.86 bits per heavy atom. The summed E-state index contributed by atoms with van der Waals surface area (Å²) in [6.07, 6.45) is 4.00. The summed E-state index contributed by atoms with van der Waals surface area (Å²) in [5, 5.41) is 10.9. The van der Waals surface area contributed by atoms with Crippen LogP contribution in [0.2, 0.25) is 0 Å². The second kappa shape index (κ2) is 4.97. The number of hydrogen-bond donors (Lipinski definition) is 0. The van der Waals surface area contributed by atoms with Crippen LogP contribution >= 0.6 is 0 Å². The summed E-state index contributed by atoms with van der Waals surface area (Å²) >= 11 is 0. The van der Waals surface area contributed by atoms with E-state index in [1.807, 2.05) is 13.0 Å². The van der Waals surface area contributed by atoms with E-state index in [1.54, 1.807) is 23.4 Å². The van der Waals surface area contributed by atoms with E-state index >= 15 is 0 Å². The van der Waals surface area contributed by atoms with Crippen molar-refractivity contribution in [3.8, 4) is 0 Å². The number of anilines is 1. The van der Waals surface area contributed by atoms with E-state index in [4.69, 9.17) is 0 Å². The number of non-ortho nitro benzene ring substituents is 1. The lowest BCUT2D eigenvalue weighted by Gasteiger charge is -2.29. The Balaban J connectivity index is 2.04. The normalized spacial score (nSPS) is 14.0. The van der Waals surface area contributed by atoms with E-state index in [-0.39, 0.29) is 11.6 Å². The van der Waals surface area contributed by atoms with Crippen LogP contribution in [0.4, 0.5) is 11.4 Å². The molecule has 1 aliphatic heterocycles. The molecule has 0 unspecified atom stereocenters. The smallest absolute Gasteiger partial charge is 0.270 e. The van der Waals surface area contributed by atoms with Gasteiger partial charge in [0, 0.05) is 30.4 Å². The summed E-state index contributed by atoms with van der Waals surface area (Å²) in [5.41, 5.74) is 2.89. The number of carbonyl (C=O) groups is 1. The lowest BCUT2D eigenvalue weighted by atomic mass is 9.97. The van der Waals surface area contributed by atoms with Crippen LogP contribution in [-0.2, 0) is 6.42 Å². The number of pyridine rings is 1. The Hall–Kier alpha value is -2.76. The fraction of sp³-hybridized carbons (Fsp3) is 0.200. The van der Waals surface area contributed by atoms with Crippen LogP contribution in [0.5, 0.6) is 0 Å². The quantitative estimate of drug-likeness (QED) is 0.626. The third kappa shape index (κ3) is 2.24. The largest absolute Gasteiger partial charge is 0.306 e. The van der Waals surface area contributed by atoms with Gasteiger partial charge in [0.05, 0.1) is 16.8 Å². The molecule has 0 radical (unpaired) electrons. The van der Waals surface area contributed by atoms with Gasteiger partial charge in [-0.2, -0.15) is 0 Å². The molecular formula is C15H13N3O3. The molecule has 0 atom stereocenters. The number of benzene rings is 1. The zero-order valence-corrected chi connectivity index (χ0v) is 11.4. The molecule has 0 fully saturated rings. The van der Waals surface area contributed by atoms with Gasteiger partial charge in [-0.05, 0) is 30.5 Å². The highest BCUT2D eigenvalue weighted by Crippen LogP contribution is 2.28. The van der Waals surface area contributed by atoms with Crippen molar-refractivity contribution in [1.82, 2.24) is 4.98 Å². The molecule has 3 rings (SSSR count). The van der Waals surface area contributed by atoms with Crippen LogP contribution < -0.4 is 4.90 Å². The van der Waals surface area contributed by atoms with Crippen LogP contribution in [0.3, 0.4) is 0 Å². The molecule has 2 aromatic rings. The van der Waals surface area contributed by atoms with Crippen molar-refractivity contribution in [2.45, 2.75) is 13.3 Å². The molecule has 1 aliphatic rings. The third-order valence-corrected chi connectivity index (χ3v) is 3.69. The predicted molar refractivity (Wildman–Crippen MR) is 77.5 cm³/mol. The van der Waals surface area contributed by atoms with Gasteiger partial charge in [-0.3, -0.25) is 19.9 Å². The van der Waals surface area contributed by atoms with Gasteiger partial charge in [0.2, 0.25) is 0 Å². The first-order chi connectivity index (χ1) is 10.1. The molecule has 21 heavy (non-hydrogen) atoms. The zero-order chi connectivity index (χ0) is 15.0. The summed E-state index contributed by atoms with van der Waals surface area (Å²) in [5.74, 6) is -0.212. The summed E-state index contributed by atoms with van der Waals surface area (Å²) < 4.78 is 0. The summed E-state index contributed by atoms with van der Waals surface area (Å²) in [4.78, 5) is 28.7. The molecule has 0 saturated heterocycles. The highest BCUT2D eigenvalue weighted by molar-refractivity contribution is 6.08. The lowest BCUT2D eigenvalue weighted by molar-refractivity contribution is -0.384. The van der Waals surface area contributed by atoms with Crippen molar-refractivity contribution in [2.24, 2.45) is 0 Å². The Labute approximate surface area is 121 Å². The number of fused-ring (bicyclic) bond motifs is 1. The molecule has 106 valence electrons. The second-order valence-corrected chi connectivity index (χ2v) is 4.97. The minimum absolute atomic E-state index is 0.0631. The van der Waals surface area contributed by atoms with Crippen LogP contribution in [-0.4, -0.2) is 22.4 Å². The maximum atomic E-state index is 12.6. The molecule has 0 saturated carbocycles. The van der Waals surface area contributed by atoms with Crippen molar-refractivity contribution < 1.29 is 9.72 Å². The SMILES string of the molecule is Cc1ccncc1N1CCc2ccc([N+](=O)[O-])cc2C1=O. The molecule has 0 aliphatic carbocycles. The van der Waals surface area contributed by atoms with E-state index in [0.29, 0.717) is 18.5 Å². The fourth-order valence-electron chi connectivity index (χ4n) is 2.54. The highest BCUT2D eigenvalue weighted by atomic mass is 16.6. The Morgan fingerprint density at radius 2 is 2.14 bits per heavy atom. The first-order valence-electron chi connectivity index (χ1n) is 6.57. The molecule has 6 nitrogen and oxygen atoms in total. The van der Waals surface area contributed by atoms with Gasteiger partial charge in [-0.15, -0.1) is 0 Å². The molecule has 0 N–H and O–H groups in total. The third-order valence-electron chi connectivity index (χ3n) is 3.69. The number of rotatable bonds is 2. The van der Waals surface area contributed by atoms with Gasteiger partial charge >= 0.3 is 0 Å². The van der Waals surface area contributed by atoms with Gasteiger partial charge < -0.3 is 4.90 Å². The topological polar surface area (TPSA) is 76.3 Å². The van der Waals surface area contributed by atoms with Crippen LogP contribution in [0.1, 0.15) is 21.5 Å². The average Bonchev–Trinajstić information content (AvgIpc) is 2.48.